The number of ether oxygens (including phenoxy) is 1. The summed E-state index contributed by atoms with van der Waals surface area (Å²) in [4.78, 5) is 4.61. The van der Waals surface area contributed by atoms with Crippen LogP contribution in [0.3, 0.4) is 0 Å². The van der Waals surface area contributed by atoms with E-state index < -0.39 is 0 Å². The van der Waals surface area contributed by atoms with E-state index in [9.17, 15) is 0 Å². The summed E-state index contributed by atoms with van der Waals surface area (Å²) >= 11 is 10.6. The van der Waals surface area contributed by atoms with Gasteiger partial charge in [0.1, 0.15) is 16.1 Å². The van der Waals surface area contributed by atoms with Crippen LogP contribution in [0.2, 0.25) is 0 Å². The summed E-state index contributed by atoms with van der Waals surface area (Å²) in [5.41, 5.74) is 1.83. The Morgan fingerprint density at radius 2 is 1.27 bits per heavy atom. The predicted octanol–water partition coefficient (Wildman–Crippen LogP) is 6.94. The summed E-state index contributed by atoms with van der Waals surface area (Å²) in [6.45, 7) is 12.9. The fraction of sp³-hybridized carbons (Fsp3) is 0.471. The third kappa shape index (κ3) is 3.68. The number of aliphatic imine (C=N–C) groups is 1. The maximum absolute atomic E-state index is 6.18. The summed E-state index contributed by atoms with van der Waals surface area (Å²) in [6, 6.07) is 0. The molecule has 2 aliphatic rings. The fourth-order valence-corrected chi connectivity index (χ4v) is 3.38. The number of rotatable bonds is 0. The first-order valence-electron chi connectivity index (χ1n) is 7.08. The zero-order valence-electron chi connectivity index (χ0n) is 13.6. The zero-order valence-corrected chi connectivity index (χ0v) is 18.4. The molecule has 0 saturated carbocycles. The van der Waals surface area contributed by atoms with Gasteiger partial charge >= 0.3 is 0 Å². The maximum Gasteiger partial charge on any atom is 0.122 e. The monoisotopic (exact) mass is 491 g/mol. The molecular weight excluding hydrogens is 474 g/mol. The summed E-state index contributed by atoms with van der Waals surface area (Å²) in [5, 5.41) is 0. The van der Waals surface area contributed by atoms with E-state index in [2.05, 4.69) is 106 Å². The second-order valence-electron chi connectivity index (χ2n) is 7.45. The van der Waals surface area contributed by atoms with Gasteiger partial charge in [-0.25, -0.2) is 4.99 Å². The first-order valence-corrected chi connectivity index (χ1v) is 9.46. The molecule has 0 aromatic carbocycles. The molecule has 0 saturated heterocycles. The van der Waals surface area contributed by atoms with Gasteiger partial charge in [-0.2, -0.15) is 0 Å². The highest BCUT2D eigenvalue weighted by Gasteiger charge is 2.31. The van der Waals surface area contributed by atoms with Crippen LogP contribution in [-0.2, 0) is 4.74 Å². The number of halogens is 3. The van der Waals surface area contributed by atoms with E-state index >= 15 is 0 Å². The number of hydrogen-bond donors (Lipinski definition) is 0. The third-order valence-electron chi connectivity index (χ3n) is 3.34. The van der Waals surface area contributed by atoms with E-state index in [0.717, 1.165) is 36.4 Å². The minimum atomic E-state index is -0.0659. The highest BCUT2D eigenvalue weighted by atomic mass is 79.9. The molecule has 0 radical (unpaired) electrons. The van der Waals surface area contributed by atoms with Crippen LogP contribution in [0.15, 0.2) is 48.9 Å². The van der Waals surface area contributed by atoms with Crippen molar-refractivity contribution >= 4 is 52.4 Å². The van der Waals surface area contributed by atoms with Crippen molar-refractivity contribution in [3.05, 3.63) is 43.9 Å². The summed E-state index contributed by atoms with van der Waals surface area (Å²) < 4.78 is 8.85. The minimum Gasteiger partial charge on any atom is -0.465 e. The van der Waals surface area contributed by atoms with Crippen molar-refractivity contribution < 1.29 is 4.74 Å². The molecule has 22 heavy (non-hydrogen) atoms. The molecule has 0 amide bonds. The average molecular weight is 494 g/mol. The van der Waals surface area contributed by atoms with Crippen LogP contribution in [0.25, 0.3) is 0 Å². The molecule has 5 heteroatoms. The Hall–Kier alpha value is -0.130. The second-order valence-corrected chi connectivity index (χ2v) is 9.79. The molecule has 0 aromatic heterocycles. The lowest BCUT2D eigenvalue weighted by molar-refractivity contribution is 0.161. The first kappa shape index (κ1) is 18.2. The summed E-state index contributed by atoms with van der Waals surface area (Å²) in [7, 11) is 0. The van der Waals surface area contributed by atoms with Crippen molar-refractivity contribution in [2.75, 3.05) is 0 Å². The van der Waals surface area contributed by atoms with E-state index in [1.54, 1.807) is 0 Å². The topological polar surface area (TPSA) is 21.6 Å². The lowest BCUT2D eigenvalue weighted by atomic mass is 9.87. The Morgan fingerprint density at radius 3 is 1.59 bits per heavy atom. The van der Waals surface area contributed by atoms with Gasteiger partial charge < -0.3 is 4.74 Å². The molecule has 0 spiro atoms. The van der Waals surface area contributed by atoms with Crippen molar-refractivity contribution in [2.24, 2.45) is 15.8 Å². The molecule has 2 aliphatic heterocycles. The normalized spacial score (nSPS) is 20.0. The Balaban J connectivity index is 2.65. The van der Waals surface area contributed by atoms with E-state index in [0.29, 0.717) is 0 Å². The molecule has 2 nitrogen and oxygen atoms in total. The van der Waals surface area contributed by atoms with Crippen LogP contribution in [-0.4, -0.2) is 4.62 Å². The van der Waals surface area contributed by atoms with Crippen LogP contribution in [0.4, 0.5) is 0 Å². The predicted molar refractivity (Wildman–Crippen MR) is 104 cm³/mol. The maximum atomic E-state index is 6.18. The molecule has 2 heterocycles. The quantitative estimate of drug-likeness (QED) is 0.358. The van der Waals surface area contributed by atoms with Gasteiger partial charge in [0.2, 0.25) is 0 Å². The van der Waals surface area contributed by atoms with Crippen LogP contribution >= 0.6 is 47.8 Å². The smallest absolute Gasteiger partial charge is 0.122 e. The van der Waals surface area contributed by atoms with Gasteiger partial charge in [0.05, 0.1) is 14.7 Å². The van der Waals surface area contributed by atoms with Crippen molar-refractivity contribution in [1.82, 2.24) is 0 Å². The number of nitrogens with zero attached hydrogens (tertiary/aromatic N) is 1. The molecule has 0 aliphatic carbocycles. The Kier molecular flexibility index (Phi) is 5.02. The average Bonchev–Trinajstić information content (AvgIpc) is 2.64. The van der Waals surface area contributed by atoms with Gasteiger partial charge in [-0.15, -0.1) is 0 Å². The molecule has 0 fully saturated rings. The number of hydrogen-bond acceptors (Lipinski definition) is 2. The van der Waals surface area contributed by atoms with Gasteiger partial charge in [-0.05, 0) is 59.9 Å². The molecule has 120 valence electrons. The van der Waals surface area contributed by atoms with Crippen molar-refractivity contribution in [3.63, 3.8) is 0 Å². The highest BCUT2D eigenvalue weighted by Crippen LogP contribution is 2.43. The first-order chi connectivity index (χ1) is 9.91. The molecular formula is C17H20Br3NO. The lowest BCUT2D eigenvalue weighted by Gasteiger charge is -2.32. The molecule has 0 N–H and O–H groups in total. The van der Waals surface area contributed by atoms with Crippen LogP contribution in [0.5, 0.6) is 0 Å². The van der Waals surface area contributed by atoms with Gasteiger partial charge in [0, 0.05) is 16.4 Å². The van der Waals surface area contributed by atoms with Crippen molar-refractivity contribution in [3.8, 4) is 0 Å². The second kappa shape index (κ2) is 6.06. The standard InChI is InChI=1S/C17H20Br3NO/c1-16(2,3)10-7-9(8-11(22-10)17(4,5)6)14-12(18)13(19)15(20)21-14/h7-8H,1-6H3. The van der Waals surface area contributed by atoms with E-state index in [-0.39, 0.29) is 10.8 Å². The van der Waals surface area contributed by atoms with Gasteiger partial charge in [-0.3, -0.25) is 0 Å². The van der Waals surface area contributed by atoms with E-state index in [4.69, 9.17) is 4.74 Å². The zero-order chi connectivity index (χ0) is 16.9. The summed E-state index contributed by atoms with van der Waals surface area (Å²) in [5.74, 6) is 1.91. The Bertz CT molecular complexity index is 633. The molecule has 0 atom stereocenters. The SMILES string of the molecule is CC(C)(C)C1=CC(=C2N=C(Br)C(Br)=C2Br)C=C(C(C)(C)C)O1. The molecule has 0 unspecified atom stereocenters. The molecule has 2 rings (SSSR count). The third-order valence-corrected chi connectivity index (χ3v) is 6.52. The van der Waals surface area contributed by atoms with E-state index in [1.165, 1.54) is 0 Å². The van der Waals surface area contributed by atoms with Crippen LogP contribution in [0.1, 0.15) is 41.5 Å². The molecule has 0 bridgehead atoms. The van der Waals surface area contributed by atoms with E-state index in [1.807, 2.05) is 0 Å². The lowest BCUT2D eigenvalue weighted by Crippen LogP contribution is -2.21. The van der Waals surface area contributed by atoms with Crippen molar-refractivity contribution in [1.29, 1.82) is 0 Å². The highest BCUT2D eigenvalue weighted by molar-refractivity contribution is 9.21. The van der Waals surface area contributed by atoms with Crippen molar-refractivity contribution in [2.45, 2.75) is 41.5 Å². The van der Waals surface area contributed by atoms with Crippen LogP contribution in [0, 0.1) is 10.8 Å². The fourth-order valence-electron chi connectivity index (χ4n) is 1.96. The minimum absolute atomic E-state index is 0.0659. The Labute approximate surface area is 157 Å². The molecule has 0 aromatic rings. The van der Waals surface area contributed by atoms with Gasteiger partial charge in [-0.1, -0.05) is 41.5 Å². The number of allylic oxidation sites excluding steroid dienone is 7. The van der Waals surface area contributed by atoms with Gasteiger partial charge in [0.25, 0.3) is 0 Å². The largest absolute Gasteiger partial charge is 0.465 e. The summed E-state index contributed by atoms with van der Waals surface area (Å²) in [6.07, 6.45) is 4.17. The van der Waals surface area contributed by atoms with Gasteiger partial charge in [0.15, 0.2) is 0 Å². The van der Waals surface area contributed by atoms with Crippen LogP contribution < -0.4 is 0 Å². The Morgan fingerprint density at radius 1 is 0.818 bits per heavy atom.